The number of rotatable bonds is 2. The second-order valence-corrected chi connectivity index (χ2v) is 4.44. The van der Waals surface area contributed by atoms with Gasteiger partial charge in [-0.15, -0.1) is 0 Å². The van der Waals surface area contributed by atoms with Crippen molar-refractivity contribution < 1.29 is 0 Å². The number of aromatic nitrogens is 4. The summed E-state index contributed by atoms with van der Waals surface area (Å²) in [5, 5.41) is 4.42. The molecule has 92 valence electrons. The Balaban J connectivity index is 2.12. The van der Waals surface area contributed by atoms with Gasteiger partial charge in [0.15, 0.2) is 5.82 Å². The van der Waals surface area contributed by atoms with Gasteiger partial charge in [0.2, 0.25) is 0 Å². The van der Waals surface area contributed by atoms with Crippen molar-refractivity contribution in [1.29, 1.82) is 0 Å². The minimum absolute atomic E-state index is 0.535. The lowest BCUT2D eigenvalue weighted by Crippen LogP contribution is -1.95. The van der Waals surface area contributed by atoms with E-state index in [0.29, 0.717) is 6.54 Å². The lowest BCUT2D eigenvalue weighted by atomic mass is 10.2. The van der Waals surface area contributed by atoms with Crippen LogP contribution < -0.4 is 5.73 Å². The van der Waals surface area contributed by atoms with Gasteiger partial charge in [0.05, 0.1) is 11.0 Å². The van der Waals surface area contributed by atoms with E-state index in [-0.39, 0.29) is 0 Å². The molecular formula is C13H15N5. The molecule has 0 bridgehead atoms. The molecule has 2 heterocycles. The number of H-pyrrole nitrogens is 1. The Bertz CT molecular complexity index is 688. The molecule has 2 aromatic heterocycles. The monoisotopic (exact) mass is 241 g/mol. The summed E-state index contributed by atoms with van der Waals surface area (Å²) >= 11 is 0. The van der Waals surface area contributed by atoms with Gasteiger partial charge in [-0.3, -0.25) is 4.68 Å². The number of nitrogens with zero attached hydrogens (tertiary/aromatic N) is 3. The lowest BCUT2D eigenvalue weighted by molar-refractivity contribution is 0.741. The van der Waals surface area contributed by atoms with Gasteiger partial charge >= 0.3 is 0 Å². The van der Waals surface area contributed by atoms with Crippen LogP contribution in [0.4, 0.5) is 0 Å². The highest BCUT2D eigenvalue weighted by atomic mass is 15.3. The van der Waals surface area contributed by atoms with Crippen LogP contribution in [-0.4, -0.2) is 19.7 Å². The molecule has 1 aromatic carbocycles. The van der Waals surface area contributed by atoms with Crippen molar-refractivity contribution in [1.82, 2.24) is 19.7 Å². The number of aryl methyl sites for hydroxylation is 2. The van der Waals surface area contributed by atoms with Crippen molar-refractivity contribution in [2.45, 2.75) is 13.5 Å². The van der Waals surface area contributed by atoms with Crippen molar-refractivity contribution >= 4 is 11.0 Å². The zero-order valence-electron chi connectivity index (χ0n) is 10.4. The Morgan fingerprint density at radius 1 is 1.33 bits per heavy atom. The molecule has 0 saturated heterocycles. The van der Waals surface area contributed by atoms with Crippen LogP contribution in [0, 0.1) is 6.92 Å². The van der Waals surface area contributed by atoms with E-state index in [9.17, 15) is 0 Å². The van der Waals surface area contributed by atoms with Gasteiger partial charge in [-0.05, 0) is 30.7 Å². The van der Waals surface area contributed by atoms with Crippen LogP contribution in [0.2, 0.25) is 0 Å². The first-order valence-electron chi connectivity index (χ1n) is 5.87. The molecule has 0 radical (unpaired) electrons. The number of aromatic amines is 1. The van der Waals surface area contributed by atoms with Crippen molar-refractivity contribution in [2.24, 2.45) is 12.8 Å². The first-order chi connectivity index (χ1) is 8.67. The number of hydrogen-bond donors (Lipinski definition) is 2. The van der Waals surface area contributed by atoms with E-state index in [2.05, 4.69) is 15.1 Å². The number of nitrogens with one attached hydrogen (secondary N) is 1. The summed E-state index contributed by atoms with van der Waals surface area (Å²) in [6.45, 7) is 2.55. The van der Waals surface area contributed by atoms with Gasteiger partial charge in [0.1, 0.15) is 5.69 Å². The van der Waals surface area contributed by atoms with Crippen LogP contribution in [0.15, 0.2) is 24.3 Å². The third kappa shape index (κ3) is 1.69. The third-order valence-corrected chi connectivity index (χ3v) is 3.14. The largest absolute Gasteiger partial charge is 0.337 e. The molecule has 18 heavy (non-hydrogen) atoms. The molecular weight excluding hydrogens is 226 g/mol. The van der Waals surface area contributed by atoms with Crippen LogP contribution in [-0.2, 0) is 13.6 Å². The zero-order chi connectivity index (χ0) is 12.7. The highest BCUT2D eigenvalue weighted by Crippen LogP contribution is 2.20. The van der Waals surface area contributed by atoms with Crippen LogP contribution in [0.3, 0.4) is 0 Å². The first kappa shape index (κ1) is 11.0. The van der Waals surface area contributed by atoms with Crippen LogP contribution in [0.5, 0.6) is 0 Å². The molecule has 3 rings (SSSR count). The molecule has 5 nitrogen and oxygen atoms in total. The molecule has 0 aliphatic carbocycles. The van der Waals surface area contributed by atoms with Crippen molar-refractivity contribution in [3.63, 3.8) is 0 Å². The van der Waals surface area contributed by atoms with Gasteiger partial charge in [0.25, 0.3) is 0 Å². The summed E-state index contributed by atoms with van der Waals surface area (Å²) in [5.41, 5.74) is 10.6. The first-order valence-corrected chi connectivity index (χ1v) is 5.87. The van der Waals surface area contributed by atoms with E-state index in [1.165, 1.54) is 0 Å². The van der Waals surface area contributed by atoms with Gasteiger partial charge in [0, 0.05) is 19.3 Å². The van der Waals surface area contributed by atoms with Crippen molar-refractivity contribution in [3.05, 3.63) is 35.5 Å². The summed E-state index contributed by atoms with van der Waals surface area (Å²) in [6.07, 6.45) is 0. The normalized spacial score (nSPS) is 11.3. The van der Waals surface area contributed by atoms with Crippen LogP contribution >= 0.6 is 0 Å². The Hall–Kier alpha value is -2.14. The predicted octanol–water partition coefficient (Wildman–Crippen LogP) is 1.73. The number of imidazole rings is 1. The highest BCUT2D eigenvalue weighted by molar-refractivity contribution is 5.79. The molecule has 0 fully saturated rings. The fraction of sp³-hybridized carbons (Fsp3) is 0.231. The molecule has 0 aliphatic rings. The zero-order valence-corrected chi connectivity index (χ0v) is 10.4. The molecule has 0 saturated carbocycles. The molecule has 3 N–H and O–H groups in total. The van der Waals surface area contributed by atoms with Crippen LogP contribution in [0.25, 0.3) is 22.6 Å². The van der Waals surface area contributed by atoms with E-state index >= 15 is 0 Å². The average molecular weight is 241 g/mol. The van der Waals surface area contributed by atoms with E-state index in [1.807, 2.05) is 42.9 Å². The van der Waals surface area contributed by atoms with Gasteiger partial charge in [-0.1, -0.05) is 6.07 Å². The molecule has 0 unspecified atom stereocenters. The summed E-state index contributed by atoms with van der Waals surface area (Å²) in [4.78, 5) is 7.83. The molecule has 3 aromatic rings. The summed E-state index contributed by atoms with van der Waals surface area (Å²) in [7, 11) is 1.92. The molecule has 0 amide bonds. The van der Waals surface area contributed by atoms with Gasteiger partial charge in [-0.2, -0.15) is 5.10 Å². The standard InChI is InChI=1S/C13H15N5/c1-8-5-12(17-18(8)2)13-15-10-4-3-9(7-14)6-11(10)16-13/h3-6H,7,14H2,1-2H3,(H,15,16). The van der Waals surface area contributed by atoms with Gasteiger partial charge < -0.3 is 10.7 Å². The van der Waals surface area contributed by atoms with E-state index in [0.717, 1.165) is 33.8 Å². The van der Waals surface area contributed by atoms with Crippen LogP contribution in [0.1, 0.15) is 11.3 Å². The molecule has 5 heteroatoms. The summed E-state index contributed by atoms with van der Waals surface area (Å²) in [5.74, 6) is 0.794. The minimum atomic E-state index is 0.535. The number of hydrogen-bond acceptors (Lipinski definition) is 3. The average Bonchev–Trinajstić information content (AvgIpc) is 2.92. The highest BCUT2D eigenvalue weighted by Gasteiger charge is 2.09. The summed E-state index contributed by atoms with van der Waals surface area (Å²) in [6, 6.07) is 8.02. The molecule has 0 atom stereocenters. The SMILES string of the molecule is Cc1cc(-c2nc3ccc(CN)cc3[nH]2)nn1C. The van der Waals surface area contributed by atoms with Gasteiger partial charge in [-0.25, -0.2) is 4.98 Å². The number of benzene rings is 1. The maximum absolute atomic E-state index is 5.63. The summed E-state index contributed by atoms with van der Waals surface area (Å²) < 4.78 is 1.84. The fourth-order valence-electron chi connectivity index (χ4n) is 1.98. The smallest absolute Gasteiger partial charge is 0.159 e. The minimum Gasteiger partial charge on any atom is -0.337 e. The Morgan fingerprint density at radius 3 is 2.83 bits per heavy atom. The maximum Gasteiger partial charge on any atom is 0.159 e. The number of fused-ring (bicyclic) bond motifs is 1. The number of nitrogens with two attached hydrogens (primary N) is 1. The maximum atomic E-state index is 5.63. The van der Waals surface area contributed by atoms with Crippen molar-refractivity contribution in [3.8, 4) is 11.5 Å². The topological polar surface area (TPSA) is 72.5 Å². The quantitative estimate of drug-likeness (QED) is 0.717. The van der Waals surface area contributed by atoms with Crippen molar-refractivity contribution in [2.75, 3.05) is 0 Å². The Kier molecular flexibility index (Phi) is 2.41. The second-order valence-electron chi connectivity index (χ2n) is 4.44. The Labute approximate surface area is 105 Å². The third-order valence-electron chi connectivity index (χ3n) is 3.14. The van der Waals surface area contributed by atoms with E-state index in [4.69, 9.17) is 5.73 Å². The van der Waals surface area contributed by atoms with E-state index < -0.39 is 0 Å². The predicted molar refractivity (Wildman–Crippen MR) is 70.9 cm³/mol. The fourth-order valence-corrected chi connectivity index (χ4v) is 1.98. The molecule has 0 spiro atoms. The second kappa shape index (κ2) is 3.96. The molecule has 0 aliphatic heterocycles. The lowest BCUT2D eigenvalue weighted by Gasteiger charge is -1.94. The Morgan fingerprint density at radius 2 is 2.17 bits per heavy atom. The van der Waals surface area contributed by atoms with E-state index in [1.54, 1.807) is 0 Å².